The van der Waals surface area contributed by atoms with Crippen LogP contribution >= 0.6 is 11.6 Å². The molecule has 0 aromatic heterocycles. The number of ether oxygens (including phenoxy) is 1. The van der Waals surface area contributed by atoms with Crippen molar-refractivity contribution in [2.75, 3.05) is 26.7 Å². The van der Waals surface area contributed by atoms with Crippen LogP contribution in [-0.2, 0) is 10.2 Å². The monoisotopic (exact) mass is 398 g/mol. The highest BCUT2D eigenvalue weighted by Crippen LogP contribution is 2.49. The number of carbonyl (C=O) groups excluding carboxylic acids is 1. The molecule has 2 aromatic carbocycles. The number of hydrogen-bond donors (Lipinski definition) is 1. The first-order valence-electron chi connectivity index (χ1n) is 10.0. The van der Waals surface area contributed by atoms with E-state index >= 15 is 0 Å². The van der Waals surface area contributed by atoms with Crippen LogP contribution in [0.2, 0.25) is 5.02 Å². The largest absolute Gasteiger partial charge is 0.497 e. The van der Waals surface area contributed by atoms with Gasteiger partial charge in [0.1, 0.15) is 5.75 Å². The third-order valence-corrected chi connectivity index (χ3v) is 6.33. The molecule has 1 aliphatic carbocycles. The zero-order valence-corrected chi connectivity index (χ0v) is 17.0. The van der Waals surface area contributed by atoms with Gasteiger partial charge in [-0.1, -0.05) is 35.9 Å². The highest BCUT2D eigenvalue weighted by atomic mass is 35.5. The molecule has 1 atom stereocenters. The van der Waals surface area contributed by atoms with Crippen molar-refractivity contribution in [3.8, 4) is 5.75 Å². The summed E-state index contributed by atoms with van der Waals surface area (Å²) in [6.07, 6.45) is 4.20. The van der Waals surface area contributed by atoms with E-state index < -0.39 is 5.41 Å². The minimum atomic E-state index is -0.402. The van der Waals surface area contributed by atoms with Crippen LogP contribution in [0.4, 0.5) is 0 Å². The standard InChI is InChI=1S/C23H27ClN2O2/c1-28-20-9-7-17(8-10-20)21(26-13-2-3-14-26)16-25-22(27)23(11-12-23)18-5-4-6-19(24)15-18/h4-10,15,21H,2-3,11-14,16H2,1H3,(H,25,27). The van der Waals surface area contributed by atoms with E-state index in [1.807, 2.05) is 36.4 Å². The topological polar surface area (TPSA) is 41.6 Å². The molecule has 1 aliphatic heterocycles. The zero-order chi connectivity index (χ0) is 19.6. The number of nitrogens with zero attached hydrogens (tertiary/aromatic N) is 1. The van der Waals surface area contributed by atoms with Gasteiger partial charge in [-0.15, -0.1) is 0 Å². The molecule has 2 fully saturated rings. The number of methoxy groups -OCH3 is 1. The number of hydrogen-bond acceptors (Lipinski definition) is 3. The minimum absolute atomic E-state index is 0.118. The maximum Gasteiger partial charge on any atom is 0.230 e. The first-order valence-corrected chi connectivity index (χ1v) is 10.4. The lowest BCUT2D eigenvalue weighted by Crippen LogP contribution is -2.41. The summed E-state index contributed by atoms with van der Waals surface area (Å²) in [5.74, 6) is 0.971. The number of carbonyl (C=O) groups is 1. The molecule has 4 rings (SSSR count). The van der Waals surface area contributed by atoms with Gasteiger partial charge in [-0.25, -0.2) is 0 Å². The Balaban J connectivity index is 1.48. The van der Waals surface area contributed by atoms with Gasteiger partial charge >= 0.3 is 0 Å². The number of amides is 1. The van der Waals surface area contributed by atoms with E-state index in [2.05, 4.69) is 22.3 Å². The van der Waals surface area contributed by atoms with E-state index in [-0.39, 0.29) is 11.9 Å². The van der Waals surface area contributed by atoms with E-state index in [1.165, 1.54) is 18.4 Å². The van der Waals surface area contributed by atoms with Crippen molar-refractivity contribution < 1.29 is 9.53 Å². The minimum Gasteiger partial charge on any atom is -0.497 e. The fourth-order valence-electron chi connectivity index (χ4n) is 4.25. The maximum absolute atomic E-state index is 13.1. The van der Waals surface area contributed by atoms with Gasteiger partial charge < -0.3 is 10.1 Å². The maximum atomic E-state index is 13.1. The van der Waals surface area contributed by atoms with E-state index in [1.54, 1.807) is 7.11 Å². The van der Waals surface area contributed by atoms with Gasteiger partial charge in [0.15, 0.2) is 0 Å². The van der Waals surface area contributed by atoms with Crippen LogP contribution in [0.15, 0.2) is 48.5 Å². The molecule has 4 nitrogen and oxygen atoms in total. The summed E-state index contributed by atoms with van der Waals surface area (Å²) < 4.78 is 5.29. The van der Waals surface area contributed by atoms with Gasteiger partial charge in [0.25, 0.3) is 0 Å². The molecular formula is C23H27ClN2O2. The number of benzene rings is 2. The van der Waals surface area contributed by atoms with Gasteiger partial charge in [-0.05, 0) is 74.2 Å². The van der Waals surface area contributed by atoms with Gasteiger partial charge in [0.2, 0.25) is 5.91 Å². The summed E-state index contributed by atoms with van der Waals surface area (Å²) in [6, 6.07) is 16.1. The van der Waals surface area contributed by atoms with E-state index in [9.17, 15) is 4.79 Å². The van der Waals surface area contributed by atoms with Gasteiger partial charge in [0, 0.05) is 11.6 Å². The summed E-state index contributed by atoms with van der Waals surface area (Å²) in [7, 11) is 1.68. The molecule has 28 heavy (non-hydrogen) atoms. The molecule has 2 aromatic rings. The Kier molecular flexibility index (Phi) is 5.61. The molecule has 1 amide bonds. The predicted octanol–water partition coefficient (Wildman–Crippen LogP) is 4.33. The van der Waals surface area contributed by atoms with Crippen molar-refractivity contribution >= 4 is 17.5 Å². The Labute approximate surface area is 171 Å². The van der Waals surface area contributed by atoms with E-state index in [0.717, 1.165) is 37.2 Å². The molecule has 1 N–H and O–H groups in total. The van der Waals surface area contributed by atoms with Crippen LogP contribution in [0, 0.1) is 0 Å². The SMILES string of the molecule is COc1ccc(C(CNC(=O)C2(c3cccc(Cl)c3)CC2)N2CCCC2)cc1. The third kappa shape index (κ3) is 3.89. The summed E-state index contributed by atoms with van der Waals surface area (Å²) in [5, 5.41) is 3.94. The Morgan fingerprint density at radius 1 is 1.18 bits per heavy atom. The predicted molar refractivity (Wildman–Crippen MR) is 112 cm³/mol. The molecular weight excluding hydrogens is 372 g/mol. The van der Waals surface area contributed by atoms with Crippen LogP contribution in [-0.4, -0.2) is 37.6 Å². The molecule has 148 valence electrons. The van der Waals surface area contributed by atoms with Gasteiger partial charge in [-0.3, -0.25) is 9.69 Å². The van der Waals surface area contributed by atoms with Crippen LogP contribution in [0.3, 0.4) is 0 Å². The van der Waals surface area contributed by atoms with Crippen molar-refractivity contribution in [2.45, 2.75) is 37.1 Å². The first-order chi connectivity index (χ1) is 13.6. The van der Waals surface area contributed by atoms with Crippen molar-refractivity contribution in [3.63, 3.8) is 0 Å². The van der Waals surface area contributed by atoms with E-state index in [0.29, 0.717) is 11.6 Å². The summed E-state index contributed by atoms with van der Waals surface area (Å²) in [6.45, 7) is 2.77. The zero-order valence-electron chi connectivity index (χ0n) is 16.3. The highest BCUT2D eigenvalue weighted by molar-refractivity contribution is 6.30. The van der Waals surface area contributed by atoms with Crippen LogP contribution < -0.4 is 10.1 Å². The summed E-state index contributed by atoms with van der Waals surface area (Å²) in [4.78, 5) is 15.6. The number of nitrogens with one attached hydrogen (secondary N) is 1. The van der Waals surface area contributed by atoms with Crippen molar-refractivity contribution in [1.82, 2.24) is 10.2 Å². The molecule has 0 spiro atoms. The second-order valence-electron chi connectivity index (χ2n) is 7.83. The summed E-state index contributed by atoms with van der Waals surface area (Å²) >= 11 is 6.15. The number of rotatable bonds is 7. The number of likely N-dealkylation sites (tertiary alicyclic amines) is 1. The lowest BCUT2D eigenvalue weighted by atomic mass is 9.94. The second-order valence-corrected chi connectivity index (χ2v) is 8.27. The Morgan fingerprint density at radius 3 is 2.50 bits per heavy atom. The highest BCUT2D eigenvalue weighted by Gasteiger charge is 2.51. The number of halogens is 1. The first kappa shape index (κ1) is 19.3. The van der Waals surface area contributed by atoms with Crippen LogP contribution in [0.1, 0.15) is 42.9 Å². The molecule has 1 saturated heterocycles. The Hall–Kier alpha value is -2.04. The van der Waals surface area contributed by atoms with Crippen molar-refractivity contribution in [1.29, 1.82) is 0 Å². The molecule has 1 saturated carbocycles. The summed E-state index contributed by atoms with van der Waals surface area (Å²) in [5.41, 5.74) is 1.84. The average molecular weight is 399 g/mol. The van der Waals surface area contributed by atoms with Gasteiger partial charge in [-0.2, -0.15) is 0 Å². The molecule has 0 radical (unpaired) electrons. The van der Waals surface area contributed by atoms with Crippen LogP contribution in [0.25, 0.3) is 0 Å². The van der Waals surface area contributed by atoms with E-state index in [4.69, 9.17) is 16.3 Å². The smallest absolute Gasteiger partial charge is 0.230 e. The normalized spacial score (nSPS) is 19.2. The fourth-order valence-corrected chi connectivity index (χ4v) is 4.44. The van der Waals surface area contributed by atoms with Gasteiger partial charge in [0.05, 0.1) is 18.6 Å². The second kappa shape index (κ2) is 8.14. The average Bonchev–Trinajstić information content (AvgIpc) is 3.37. The fraction of sp³-hybridized carbons (Fsp3) is 0.435. The Bertz CT molecular complexity index is 827. The van der Waals surface area contributed by atoms with Crippen molar-refractivity contribution in [2.24, 2.45) is 0 Å². The lowest BCUT2D eigenvalue weighted by Gasteiger charge is -2.29. The van der Waals surface area contributed by atoms with Crippen molar-refractivity contribution in [3.05, 3.63) is 64.7 Å². The van der Waals surface area contributed by atoms with Crippen LogP contribution in [0.5, 0.6) is 5.75 Å². The third-order valence-electron chi connectivity index (χ3n) is 6.10. The molecule has 0 bridgehead atoms. The Morgan fingerprint density at radius 2 is 1.89 bits per heavy atom. The molecule has 1 unspecified atom stereocenters. The lowest BCUT2D eigenvalue weighted by molar-refractivity contribution is -0.123. The molecule has 1 heterocycles. The molecule has 2 aliphatic rings. The molecule has 5 heteroatoms. The quantitative estimate of drug-likeness (QED) is 0.754.